The number of benzene rings is 1. The Morgan fingerprint density at radius 1 is 1.50 bits per heavy atom. The average Bonchev–Trinajstić information content (AvgIpc) is 2.82. The molecule has 0 radical (unpaired) electrons. The van der Waals surface area contributed by atoms with Crippen LogP contribution in [0.1, 0.15) is 12.0 Å². The Hall–Kier alpha value is -1.68. The second kappa shape index (κ2) is 4.90. The van der Waals surface area contributed by atoms with Gasteiger partial charge in [0, 0.05) is 13.0 Å². The summed E-state index contributed by atoms with van der Waals surface area (Å²) in [5.74, 6) is -0.486. The maximum atomic E-state index is 14.7. The molecule has 1 amide bonds. The fraction of sp³-hybridized carbons (Fsp3) is 0.357. The molecular formula is C14H16FNO2. The molecule has 3 nitrogen and oxygen atoms in total. The van der Waals surface area contributed by atoms with Crippen molar-refractivity contribution in [2.45, 2.75) is 18.2 Å². The topological polar surface area (TPSA) is 40.5 Å². The Kier molecular flexibility index (Phi) is 3.48. The SMILES string of the molecule is C=CC(O)C(=O)N1CCC(F)(c2ccccc2)C1. The number of hydrogen-bond donors (Lipinski definition) is 1. The summed E-state index contributed by atoms with van der Waals surface area (Å²) in [5, 5.41) is 9.40. The van der Waals surface area contributed by atoms with Gasteiger partial charge in [0.05, 0.1) is 6.54 Å². The molecule has 1 aliphatic rings. The smallest absolute Gasteiger partial charge is 0.255 e. The van der Waals surface area contributed by atoms with E-state index < -0.39 is 17.7 Å². The number of likely N-dealkylation sites (tertiary alicyclic amines) is 1. The number of aliphatic hydroxyl groups excluding tert-OH is 1. The minimum absolute atomic E-state index is 0.0131. The molecule has 0 aromatic heterocycles. The van der Waals surface area contributed by atoms with Gasteiger partial charge in [0.2, 0.25) is 0 Å². The molecule has 1 heterocycles. The van der Waals surface area contributed by atoms with E-state index in [1.165, 1.54) is 4.90 Å². The van der Waals surface area contributed by atoms with E-state index in [-0.39, 0.29) is 13.0 Å². The highest BCUT2D eigenvalue weighted by molar-refractivity contribution is 5.82. The first-order chi connectivity index (χ1) is 8.57. The Labute approximate surface area is 106 Å². The minimum atomic E-state index is -1.52. The minimum Gasteiger partial charge on any atom is -0.379 e. The second-order valence-corrected chi connectivity index (χ2v) is 4.52. The fourth-order valence-corrected chi connectivity index (χ4v) is 2.22. The summed E-state index contributed by atoms with van der Waals surface area (Å²) in [6.07, 6.45) is 0.165. The molecule has 18 heavy (non-hydrogen) atoms. The van der Waals surface area contributed by atoms with Crippen LogP contribution in [0.15, 0.2) is 43.0 Å². The zero-order chi connectivity index (χ0) is 13.2. The maximum Gasteiger partial charge on any atom is 0.255 e. The Morgan fingerprint density at radius 2 is 2.17 bits per heavy atom. The summed E-state index contributed by atoms with van der Waals surface area (Å²) >= 11 is 0. The lowest BCUT2D eigenvalue weighted by molar-refractivity contribution is -0.137. The van der Waals surface area contributed by atoms with Gasteiger partial charge in [0.1, 0.15) is 0 Å². The van der Waals surface area contributed by atoms with Gasteiger partial charge in [-0.3, -0.25) is 4.79 Å². The van der Waals surface area contributed by atoms with Crippen molar-refractivity contribution in [1.82, 2.24) is 4.90 Å². The third-order valence-corrected chi connectivity index (χ3v) is 3.30. The number of rotatable bonds is 3. The summed E-state index contributed by atoms with van der Waals surface area (Å²) in [7, 11) is 0. The van der Waals surface area contributed by atoms with E-state index in [4.69, 9.17) is 0 Å². The second-order valence-electron chi connectivity index (χ2n) is 4.52. The van der Waals surface area contributed by atoms with Crippen molar-refractivity contribution in [1.29, 1.82) is 0 Å². The standard InChI is InChI=1S/C14H16FNO2/c1-2-12(17)13(18)16-9-8-14(15,10-16)11-6-4-3-5-7-11/h2-7,12,17H,1,8-10H2. The number of hydrogen-bond acceptors (Lipinski definition) is 2. The summed E-state index contributed by atoms with van der Waals surface area (Å²) < 4.78 is 14.7. The van der Waals surface area contributed by atoms with E-state index in [0.29, 0.717) is 12.1 Å². The van der Waals surface area contributed by atoms with Crippen molar-refractivity contribution in [3.05, 3.63) is 48.6 Å². The quantitative estimate of drug-likeness (QED) is 0.827. The first kappa shape index (κ1) is 12.8. The highest BCUT2D eigenvalue weighted by atomic mass is 19.1. The van der Waals surface area contributed by atoms with Crippen LogP contribution in [0.5, 0.6) is 0 Å². The van der Waals surface area contributed by atoms with Gasteiger partial charge in [-0.05, 0) is 5.56 Å². The number of carbonyl (C=O) groups excluding carboxylic acids is 1. The number of carbonyl (C=O) groups is 1. The van der Waals surface area contributed by atoms with Gasteiger partial charge >= 0.3 is 0 Å². The number of alkyl halides is 1. The number of amides is 1. The molecule has 2 unspecified atom stereocenters. The molecule has 1 N–H and O–H groups in total. The normalized spacial score (nSPS) is 24.9. The van der Waals surface area contributed by atoms with E-state index in [1.54, 1.807) is 24.3 Å². The molecule has 1 aromatic carbocycles. The molecule has 2 rings (SSSR count). The van der Waals surface area contributed by atoms with Gasteiger partial charge < -0.3 is 10.0 Å². The van der Waals surface area contributed by atoms with Crippen LogP contribution in [0, 0.1) is 0 Å². The van der Waals surface area contributed by atoms with Crippen LogP contribution >= 0.6 is 0 Å². The van der Waals surface area contributed by atoms with Crippen molar-refractivity contribution >= 4 is 5.91 Å². The predicted octanol–water partition coefficient (Wildman–Crippen LogP) is 1.63. The lowest BCUT2D eigenvalue weighted by Crippen LogP contribution is -2.38. The van der Waals surface area contributed by atoms with Gasteiger partial charge in [-0.1, -0.05) is 43.0 Å². The van der Waals surface area contributed by atoms with Gasteiger partial charge in [-0.15, -0.1) is 0 Å². The van der Waals surface area contributed by atoms with E-state index >= 15 is 0 Å². The molecule has 4 heteroatoms. The molecule has 2 atom stereocenters. The van der Waals surface area contributed by atoms with Crippen molar-refractivity contribution in [2.24, 2.45) is 0 Å². The average molecular weight is 249 g/mol. The summed E-state index contributed by atoms with van der Waals surface area (Å²) in [5.41, 5.74) is -0.939. The molecule has 0 spiro atoms. The van der Waals surface area contributed by atoms with E-state index in [1.807, 2.05) is 6.07 Å². The van der Waals surface area contributed by atoms with Crippen molar-refractivity contribution < 1.29 is 14.3 Å². The zero-order valence-electron chi connectivity index (χ0n) is 10.1. The molecule has 96 valence electrons. The van der Waals surface area contributed by atoms with Crippen LogP contribution < -0.4 is 0 Å². The molecule has 0 bridgehead atoms. The Morgan fingerprint density at radius 3 is 2.78 bits per heavy atom. The van der Waals surface area contributed by atoms with Gasteiger partial charge in [-0.25, -0.2) is 4.39 Å². The van der Waals surface area contributed by atoms with Gasteiger partial charge in [0.25, 0.3) is 5.91 Å². The molecule has 1 aromatic rings. The molecular weight excluding hydrogens is 233 g/mol. The molecule has 1 fully saturated rings. The number of aliphatic hydroxyl groups is 1. The van der Waals surface area contributed by atoms with Crippen LogP contribution in [0.3, 0.4) is 0 Å². The summed E-state index contributed by atoms with van der Waals surface area (Å²) in [6, 6.07) is 8.82. The van der Waals surface area contributed by atoms with E-state index in [9.17, 15) is 14.3 Å². The lowest BCUT2D eigenvalue weighted by atomic mass is 9.95. The molecule has 0 aliphatic carbocycles. The van der Waals surface area contributed by atoms with E-state index in [0.717, 1.165) is 6.08 Å². The predicted molar refractivity (Wildman–Crippen MR) is 66.6 cm³/mol. The van der Waals surface area contributed by atoms with Crippen molar-refractivity contribution in [3.63, 3.8) is 0 Å². The Balaban J connectivity index is 2.12. The zero-order valence-corrected chi connectivity index (χ0v) is 10.1. The van der Waals surface area contributed by atoms with Gasteiger partial charge in [0.15, 0.2) is 11.8 Å². The van der Waals surface area contributed by atoms with Crippen LogP contribution in [-0.4, -0.2) is 35.1 Å². The Bertz CT molecular complexity index is 448. The monoisotopic (exact) mass is 249 g/mol. The lowest BCUT2D eigenvalue weighted by Gasteiger charge is -2.22. The molecule has 1 saturated heterocycles. The van der Waals surface area contributed by atoms with Crippen LogP contribution in [-0.2, 0) is 10.5 Å². The van der Waals surface area contributed by atoms with Crippen LogP contribution in [0.4, 0.5) is 4.39 Å². The van der Waals surface area contributed by atoms with Crippen molar-refractivity contribution in [2.75, 3.05) is 13.1 Å². The van der Waals surface area contributed by atoms with Crippen LogP contribution in [0.25, 0.3) is 0 Å². The first-order valence-corrected chi connectivity index (χ1v) is 5.91. The highest BCUT2D eigenvalue weighted by Crippen LogP contribution is 2.36. The third-order valence-electron chi connectivity index (χ3n) is 3.30. The largest absolute Gasteiger partial charge is 0.379 e. The first-order valence-electron chi connectivity index (χ1n) is 5.91. The fourth-order valence-electron chi connectivity index (χ4n) is 2.22. The molecule has 1 aliphatic heterocycles. The number of nitrogens with zero attached hydrogens (tertiary/aromatic N) is 1. The van der Waals surface area contributed by atoms with Crippen molar-refractivity contribution in [3.8, 4) is 0 Å². The summed E-state index contributed by atoms with van der Waals surface area (Å²) in [6.45, 7) is 3.66. The van der Waals surface area contributed by atoms with Crippen LogP contribution in [0.2, 0.25) is 0 Å². The van der Waals surface area contributed by atoms with Gasteiger partial charge in [-0.2, -0.15) is 0 Å². The third kappa shape index (κ3) is 2.29. The maximum absolute atomic E-state index is 14.7. The number of halogens is 1. The molecule has 0 saturated carbocycles. The summed E-state index contributed by atoms with van der Waals surface area (Å²) in [4.78, 5) is 13.1. The van der Waals surface area contributed by atoms with E-state index in [2.05, 4.69) is 6.58 Å². The highest BCUT2D eigenvalue weighted by Gasteiger charge is 2.42.